The van der Waals surface area contributed by atoms with Crippen LogP contribution >= 0.6 is 11.3 Å². The Balaban J connectivity index is 1.46. The number of rotatable bonds is 5. The van der Waals surface area contributed by atoms with Gasteiger partial charge in [0.2, 0.25) is 0 Å². The molecule has 1 fully saturated rings. The highest BCUT2D eigenvalue weighted by Gasteiger charge is 2.21. The van der Waals surface area contributed by atoms with Crippen LogP contribution < -0.4 is 21.2 Å². The average Bonchev–Trinajstić information content (AvgIpc) is 3.18. The standard InChI is InChI=1S/C18H19N7O3S/c26-11-4-8-25(9-5-11)15-12(2-1-6-19-15)21-16(27)13-10-29-18(22-13)24-14-3-7-20-17(28)23-14/h1-3,6-7,10-11,26H,4-5,8-9H2,(H,21,27)(H2,20,22,23,24,28). The van der Waals surface area contributed by atoms with Crippen molar-refractivity contribution in [2.75, 3.05) is 28.6 Å². The fraction of sp³-hybridized carbons (Fsp3) is 0.278. The van der Waals surface area contributed by atoms with Crippen LogP contribution in [0.3, 0.4) is 0 Å². The number of H-pyrrole nitrogens is 1. The third kappa shape index (κ3) is 4.58. The van der Waals surface area contributed by atoms with Crippen LogP contribution in [0.15, 0.2) is 40.8 Å². The van der Waals surface area contributed by atoms with Crippen molar-refractivity contribution in [3.63, 3.8) is 0 Å². The number of pyridine rings is 1. The van der Waals surface area contributed by atoms with Crippen molar-refractivity contribution >= 4 is 39.7 Å². The number of carbonyl (C=O) groups is 1. The minimum Gasteiger partial charge on any atom is -0.393 e. The Morgan fingerprint density at radius 1 is 1.24 bits per heavy atom. The summed E-state index contributed by atoms with van der Waals surface area (Å²) in [6.45, 7) is 1.35. The zero-order chi connectivity index (χ0) is 20.2. The van der Waals surface area contributed by atoms with E-state index in [2.05, 4.69) is 35.5 Å². The minimum atomic E-state index is -0.473. The Morgan fingerprint density at radius 3 is 2.86 bits per heavy atom. The summed E-state index contributed by atoms with van der Waals surface area (Å²) in [7, 11) is 0. The minimum absolute atomic E-state index is 0.248. The molecule has 0 saturated carbocycles. The maximum Gasteiger partial charge on any atom is 0.346 e. The number of aromatic nitrogens is 4. The number of aliphatic hydroxyl groups excluding tert-OH is 1. The lowest BCUT2D eigenvalue weighted by atomic mass is 10.1. The molecule has 4 N–H and O–H groups in total. The Hall–Kier alpha value is -3.31. The Bertz CT molecular complexity index is 1060. The third-order valence-electron chi connectivity index (χ3n) is 4.45. The molecule has 0 unspecified atom stereocenters. The van der Waals surface area contributed by atoms with E-state index in [4.69, 9.17) is 0 Å². The van der Waals surface area contributed by atoms with Gasteiger partial charge in [0.05, 0.1) is 11.8 Å². The van der Waals surface area contributed by atoms with Crippen molar-refractivity contribution in [1.82, 2.24) is 19.9 Å². The van der Waals surface area contributed by atoms with Crippen molar-refractivity contribution in [2.24, 2.45) is 0 Å². The topological polar surface area (TPSA) is 136 Å². The molecule has 3 aromatic rings. The molecule has 10 nitrogen and oxygen atoms in total. The van der Waals surface area contributed by atoms with Crippen molar-refractivity contribution in [2.45, 2.75) is 18.9 Å². The highest BCUT2D eigenvalue weighted by molar-refractivity contribution is 7.14. The zero-order valence-electron chi connectivity index (χ0n) is 15.3. The van der Waals surface area contributed by atoms with E-state index in [1.54, 1.807) is 29.8 Å². The van der Waals surface area contributed by atoms with Gasteiger partial charge in [-0.2, -0.15) is 0 Å². The molecule has 29 heavy (non-hydrogen) atoms. The molecule has 0 spiro atoms. The second-order valence-electron chi connectivity index (χ2n) is 6.50. The number of hydrogen-bond acceptors (Lipinski definition) is 9. The molecule has 1 saturated heterocycles. The lowest BCUT2D eigenvalue weighted by Crippen LogP contribution is -2.36. The molecular weight excluding hydrogens is 394 g/mol. The van der Waals surface area contributed by atoms with Gasteiger partial charge in [-0.15, -0.1) is 11.3 Å². The van der Waals surface area contributed by atoms with E-state index < -0.39 is 5.69 Å². The number of hydrogen-bond donors (Lipinski definition) is 4. The predicted molar refractivity (Wildman–Crippen MR) is 110 cm³/mol. The van der Waals surface area contributed by atoms with Crippen LogP contribution in [0.2, 0.25) is 0 Å². The molecule has 0 aliphatic carbocycles. The second-order valence-corrected chi connectivity index (χ2v) is 7.36. The van der Waals surface area contributed by atoms with E-state index in [0.717, 1.165) is 0 Å². The van der Waals surface area contributed by atoms with Crippen LogP contribution in [-0.4, -0.2) is 50.1 Å². The monoisotopic (exact) mass is 413 g/mol. The number of carbonyl (C=O) groups excluding carboxylic acids is 1. The van der Waals surface area contributed by atoms with Gasteiger partial charge in [-0.3, -0.25) is 9.78 Å². The van der Waals surface area contributed by atoms with Crippen molar-refractivity contribution in [3.05, 3.63) is 52.2 Å². The summed E-state index contributed by atoms with van der Waals surface area (Å²) in [5.74, 6) is 0.757. The molecule has 0 atom stereocenters. The highest BCUT2D eigenvalue weighted by Crippen LogP contribution is 2.27. The molecule has 1 aliphatic heterocycles. The molecule has 150 valence electrons. The number of piperidine rings is 1. The lowest BCUT2D eigenvalue weighted by molar-refractivity contribution is 0.102. The smallest absolute Gasteiger partial charge is 0.346 e. The first-order valence-corrected chi connectivity index (χ1v) is 9.94. The van der Waals surface area contributed by atoms with Gasteiger partial charge in [0.1, 0.15) is 11.5 Å². The van der Waals surface area contributed by atoms with Gasteiger partial charge in [-0.25, -0.2) is 19.7 Å². The molecule has 1 aliphatic rings. The number of aromatic amines is 1. The van der Waals surface area contributed by atoms with E-state index in [1.807, 2.05) is 0 Å². The van der Waals surface area contributed by atoms with Gasteiger partial charge in [0.15, 0.2) is 10.9 Å². The van der Waals surface area contributed by atoms with E-state index >= 15 is 0 Å². The maximum absolute atomic E-state index is 12.7. The Morgan fingerprint density at radius 2 is 2.07 bits per heavy atom. The fourth-order valence-electron chi connectivity index (χ4n) is 3.00. The number of anilines is 4. The Labute approximate surface area is 169 Å². The fourth-order valence-corrected chi connectivity index (χ4v) is 3.71. The predicted octanol–water partition coefficient (Wildman–Crippen LogP) is 1.58. The lowest BCUT2D eigenvalue weighted by Gasteiger charge is -2.31. The highest BCUT2D eigenvalue weighted by atomic mass is 32.1. The average molecular weight is 413 g/mol. The van der Waals surface area contributed by atoms with Crippen molar-refractivity contribution < 1.29 is 9.90 Å². The first-order valence-electron chi connectivity index (χ1n) is 9.06. The summed E-state index contributed by atoms with van der Waals surface area (Å²) in [5.41, 5.74) is 0.367. The normalized spacial score (nSPS) is 14.6. The van der Waals surface area contributed by atoms with Gasteiger partial charge < -0.3 is 20.6 Å². The van der Waals surface area contributed by atoms with E-state index in [9.17, 15) is 14.7 Å². The molecule has 0 aromatic carbocycles. The molecule has 1 amide bonds. The molecule has 0 bridgehead atoms. The van der Waals surface area contributed by atoms with Crippen molar-refractivity contribution in [1.29, 1.82) is 0 Å². The quantitative estimate of drug-likeness (QED) is 0.495. The number of thiazole rings is 1. The molecule has 4 heterocycles. The zero-order valence-corrected chi connectivity index (χ0v) is 16.1. The van der Waals surface area contributed by atoms with Crippen LogP contribution in [0.5, 0.6) is 0 Å². The van der Waals surface area contributed by atoms with Crippen LogP contribution in [0.1, 0.15) is 23.3 Å². The summed E-state index contributed by atoms with van der Waals surface area (Å²) in [5, 5.41) is 17.6. The third-order valence-corrected chi connectivity index (χ3v) is 5.21. The summed E-state index contributed by atoms with van der Waals surface area (Å²) in [6, 6.07) is 5.14. The first kappa shape index (κ1) is 19.0. The summed E-state index contributed by atoms with van der Waals surface area (Å²) >= 11 is 1.24. The summed E-state index contributed by atoms with van der Waals surface area (Å²) in [6.07, 6.45) is 4.11. The number of aliphatic hydroxyl groups is 1. The molecule has 4 rings (SSSR count). The number of nitrogens with zero attached hydrogens (tertiary/aromatic N) is 4. The van der Waals surface area contributed by atoms with Gasteiger partial charge in [-0.1, -0.05) is 0 Å². The van der Waals surface area contributed by atoms with Crippen LogP contribution in [0.25, 0.3) is 0 Å². The van der Waals surface area contributed by atoms with Crippen molar-refractivity contribution in [3.8, 4) is 0 Å². The number of amides is 1. The first-order chi connectivity index (χ1) is 14.1. The Kier molecular flexibility index (Phi) is 5.49. The van der Waals surface area contributed by atoms with Gasteiger partial charge in [-0.05, 0) is 31.0 Å². The second kappa shape index (κ2) is 8.37. The van der Waals surface area contributed by atoms with Gasteiger partial charge in [0.25, 0.3) is 5.91 Å². The van der Waals surface area contributed by atoms with E-state index in [0.29, 0.717) is 48.4 Å². The van der Waals surface area contributed by atoms with Crippen LogP contribution in [0, 0.1) is 0 Å². The van der Waals surface area contributed by atoms with E-state index in [1.165, 1.54) is 17.5 Å². The van der Waals surface area contributed by atoms with Crippen LogP contribution in [-0.2, 0) is 0 Å². The van der Waals surface area contributed by atoms with Crippen LogP contribution in [0.4, 0.5) is 22.5 Å². The number of nitrogens with one attached hydrogen (secondary N) is 3. The summed E-state index contributed by atoms with van der Waals surface area (Å²) < 4.78 is 0. The molecule has 3 aromatic heterocycles. The maximum atomic E-state index is 12.7. The largest absolute Gasteiger partial charge is 0.393 e. The SMILES string of the molecule is O=C(Nc1cccnc1N1CCC(O)CC1)c1csc(Nc2ccnc(=O)[nH]2)n1. The van der Waals surface area contributed by atoms with Gasteiger partial charge >= 0.3 is 5.69 Å². The van der Waals surface area contributed by atoms with Gasteiger partial charge in [0, 0.05) is 30.9 Å². The molecular formula is C18H19N7O3S. The summed E-state index contributed by atoms with van der Waals surface area (Å²) in [4.78, 5) is 40.8. The molecule has 0 radical (unpaired) electrons. The molecule has 11 heteroatoms. The van der Waals surface area contributed by atoms with E-state index in [-0.39, 0.29) is 17.7 Å².